The van der Waals surface area contributed by atoms with Gasteiger partial charge in [-0.05, 0) is 37.0 Å². The fraction of sp³-hybridized carbons (Fsp3) is 0.444. The molecule has 0 unspecified atom stereocenters. The van der Waals surface area contributed by atoms with E-state index in [-0.39, 0.29) is 12.3 Å². The fourth-order valence-electron chi connectivity index (χ4n) is 5.13. The van der Waals surface area contributed by atoms with E-state index in [1.807, 2.05) is 53.4 Å². The average molecular weight is 552 g/mol. The van der Waals surface area contributed by atoms with Crippen LogP contribution in [-0.4, -0.2) is 76.1 Å². The quantitative estimate of drug-likeness (QED) is 0.332. The molecule has 1 saturated heterocycles. The van der Waals surface area contributed by atoms with E-state index in [4.69, 9.17) is 9.90 Å². The van der Waals surface area contributed by atoms with Crippen LogP contribution in [0.1, 0.15) is 24.8 Å². The van der Waals surface area contributed by atoms with Gasteiger partial charge < -0.3 is 20.0 Å². The van der Waals surface area contributed by atoms with E-state index in [1.165, 1.54) is 0 Å². The van der Waals surface area contributed by atoms with Crippen LogP contribution < -0.4 is 10.4 Å². The normalized spacial score (nSPS) is 23.3. The molecule has 4 N–H and O–H groups in total. The van der Waals surface area contributed by atoms with E-state index in [0.717, 1.165) is 24.3 Å². The summed E-state index contributed by atoms with van der Waals surface area (Å²) in [5, 5.41) is 27.6. The van der Waals surface area contributed by atoms with Gasteiger partial charge in [-0.25, -0.2) is 10.3 Å². The summed E-state index contributed by atoms with van der Waals surface area (Å²) in [5.41, 5.74) is 2.77. The van der Waals surface area contributed by atoms with Gasteiger partial charge in [0.05, 0.1) is 17.4 Å². The highest BCUT2D eigenvalue weighted by Gasteiger charge is 2.46. The van der Waals surface area contributed by atoms with Gasteiger partial charge in [0.15, 0.2) is 0 Å². The summed E-state index contributed by atoms with van der Waals surface area (Å²) in [4.78, 5) is 38.8. The van der Waals surface area contributed by atoms with E-state index in [9.17, 15) is 33.1 Å². The molecular weight excluding hydrogens is 519 g/mol. The molecule has 4 rings (SSSR count). The average Bonchev–Trinajstić information content (AvgIpc) is 2.93. The highest BCUT2D eigenvalue weighted by atomic mass is 19.4. The summed E-state index contributed by atoms with van der Waals surface area (Å²) >= 11 is 0. The number of nitrogens with one attached hydrogen (secondary N) is 1. The summed E-state index contributed by atoms with van der Waals surface area (Å²) in [6.45, 7) is 2.65. The predicted octanol–water partition coefficient (Wildman–Crippen LogP) is 2.86. The van der Waals surface area contributed by atoms with E-state index < -0.39 is 35.5 Å². The number of hydroxylamine groups is 1. The number of carboxylic acids is 1. The largest absolute Gasteiger partial charge is 0.490 e. The number of anilines is 1. The van der Waals surface area contributed by atoms with Gasteiger partial charge in [-0.15, -0.1) is 0 Å². The Hall–Kier alpha value is -3.64. The van der Waals surface area contributed by atoms with Gasteiger partial charge in [0.1, 0.15) is 0 Å². The number of benzene rings is 2. The van der Waals surface area contributed by atoms with Crippen molar-refractivity contribution in [3.63, 3.8) is 0 Å². The lowest BCUT2D eigenvalue weighted by molar-refractivity contribution is -0.192. The van der Waals surface area contributed by atoms with Gasteiger partial charge in [-0.3, -0.25) is 14.8 Å². The summed E-state index contributed by atoms with van der Waals surface area (Å²) in [6, 6.07) is 19.8. The van der Waals surface area contributed by atoms with Crippen molar-refractivity contribution < 1.29 is 43.0 Å². The van der Waals surface area contributed by atoms with Crippen molar-refractivity contribution in [2.24, 2.45) is 11.8 Å². The van der Waals surface area contributed by atoms with Gasteiger partial charge in [0.2, 0.25) is 11.8 Å². The van der Waals surface area contributed by atoms with Gasteiger partial charge in [-0.1, -0.05) is 48.5 Å². The lowest BCUT2D eigenvalue weighted by atomic mass is 9.68. The first-order valence-electron chi connectivity index (χ1n) is 12.5. The topological polar surface area (TPSA) is 130 Å². The highest BCUT2D eigenvalue weighted by Crippen LogP contribution is 2.40. The summed E-state index contributed by atoms with van der Waals surface area (Å²) in [5.74, 6) is -4.72. The molecule has 2 amide bonds. The number of carbonyl (C=O) groups excluding carboxylic acids is 2. The molecule has 2 aromatic rings. The number of halogens is 3. The minimum atomic E-state index is -5.08. The van der Waals surface area contributed by atoms with Crippen LogP contribution in [0.25, 0.3) is 0 Å². The SMILES string of the molecule is O=C(NO)[C@H]1C[C@@](O)(Cc2ccccc2)CC[C@@H]1C(=O)N1CCN(c2ccccc2)CC1.O=C(O)C(F)(F)F. The van der Waals surface area contributed by atoms with Crippen molar-refractivity contribution >= 4 is 23.5 Å². The molecule has 2 aromatic carbocycles. The first-order chi connectivity index (χ1) is 18.4. The fourth-order valence-corrected chi connectivity index (χ4v) is 5.13. The minimum absolute atomic E-state index is 0.0620. The standard InChI is InChI=1S/C25H31N3O4.C2HF3O2/c29-23(26-32)22-18-25(31,17-19-7-3-1-4-8-19)12-11-21(22)24(30)28-15-13-27(14-16-28)20-9-5-2-6-10-20;3-2(4,5)1(6)7/h1-10,21-22,31-32H,11-18H2,(H,26,29);(H,6,7)/t21-,22-,25-;/m0./s1. The van der Waals surface area contributed by atoms with E-state index in [1.54, 1.807) is 5.48 Å². The Bertz CT molecular complexity index is 1110. The van der Waals surface area contributed by atoms with Gasteiger partial charge in [-0.2, -0.15) is 13.2 Å². The van der Waals surface area contributed by atoms with Gasteiger partial charge >= 0.3 is 12.1 Å². The number of amides is 2. The molecule has 0 aromatic heterocycles. The second-order valence-electron chi connectivity index (χ2n) is 9.77. The van der Waals surface area contributed by atoms with Gasteiger partial charge in [0, 0.05) is 38.3 Å². The number of piperazine rings is 1. The zero-order valence-electron chi connectivity index (χ0n) is 21.2. The lowest BCUT2D eigenvalue weighted by Crippen LogP contribution is -2.55. The van der Waals surface area contributed by atoms with Crippen molar-refractivity contribution in [2.75, 3.05) is 31.1 Å². The molecule has 1 aliphatic carbocycles. The molecule has 12 heteroatoms. The maximum atomic E-state index is 13.4. The highest BCUT2D eigenvalue weighted by molar-refractivity contribution is 5.87. The Kier molecular flexibility index (Phi) is 9.92. The Morgan fingerprint density at radius 3 is 1.97 bits per heavy atom. The van der Waals surface area contributed by atoms with Gasteiger partial charge in [0.25, 0.3) is 0 Å². The molecule has 0 spiro atoms. The molecule has 9 nitrogen and oxygen atoms in total. The molecule has 212 valence electrons. The number of carbonyl (C=O) groups is 3. The zero-order valence-corrected chi connectivity index (χ0v) is 21.2. The van der Waals surface area contributed by atoms with Crippen LogP contribution in [0.4, 0.5) is 18.9 Å². The second-order valence-corrected chi connectivity index (χ2v) is 9.77. The number of hydrogen-bond donors (Lipinski definition) is 4. The van der Waals surface area contributed by atoms with Crippen molar-refractivity contribution in [1.82, 2.24) is 10.4 Å². The summed E-state index contributed by atoms with van der Waals surface area (Å²) in [7, 11) is 0. The first-order valence-corrected chi connectivity index (χ1v) is 12.5. The Balaban J connectivity index is 0.000000532. The van der Waals surface area contributed by atoms with Crippen LogP contribution in [-0.2, 0) is 20.8 Å². The molecule has 1 aliphatic heterocycles. The molecule has 2 fully saturated rings. The molecule has 3 atom stereocenters. The monoisotopic (exact) mass is 551 g/mol. The third-order valence-electron chi connectivity index (χ3n) is 7.10. The number of aliphatic carboxylic acids is 1. The van der Waals surface area contributed by atoms with Crippen molar-refractivity contribution in [2.45, 2.75) is 37.5 Å². The van der Waals surface area contributed by atoms with E-state index in [0.29, 0.717) is 32.4 Å². The molecule has 0 bridgehead atoms. The molecular formula is C27H32F3N3O6. The number of hydrogen-bond acceptors (Lipinski definition) is 6. The van der Waals surface area contributed by atoms with E-state index >= 15 is 0 Å². The Labute approximate surface area is 223 Å². The minimum Gasteiger partial charge on any atom is -0.475 e. The maximum Gasteiger partial charge on any atom is 0.490 e. The van der Waals surface area contributed by atoms with Crippen LogP contribution in [0, 0.1) is 11.8 Å². The zero-order chi connectivity index (χ0) is 28.6. The van der Waals surface area contributed by atoms with Crippen LogP contribution in [0.15, 0.2) is 60.7 Å². The lowest BCUT2D eigenvalue weighted by Gasteiger charge is -2.43. The maximum absolute atomic E-state index is 13.4. The second kappa shape index (κ2) is 12.9. The van der Waals surface area contributed by atoms with Crippen molar-refractivity contribution in [1.29, 1.82) is 0 Å². The Morgan fingerprint density at radius 2 is 1.46 bits per heavy atom. The molecule has 1 saturated carbocycles. The molecule has 2 aliphatic rings. The predicted molar refractivity (Wildman–Crippen MR) is 135 cm³/mol. The molecule has 39 heavy (non-hydrogen) atoms. The van der Waals surface area contributed by atoms with Crippen molar-refractivity contribution in [3.8, 4) is 0 Å². The Morgan fingerprint density at radius 1 is 0.923 bits per heavy atom. The third kappa shape index (κ3) is 8.17. The third-order valence-corrected chi connectivity index (χ3v) is 7.10. The van der Waals surface area contributed by atoms with Crippen LogP contribution in [0.5, 0.6) is 0 Å². The number of para-hydroxylation sites is 1. The van der Waals surface area contributed by atoms with Crippen LogP contribution in [0.2, 0.25) is 0 Å². The number of nitrogens with zero attached hydrogens (tertiary/aromatic N) is 2. The smallest absolute Gasteiger partial charge is 0.475 e. The first kappa shape index (κ1) is 29.9. The summed E-state index contributed by atoms with van der Waals surface area (Å²) in [6.07, 6.45) is -3.66. The van der Waals surface area contributed by atoms with Crippen molar-refractivity contribution in [3.05, 3.63) is 66.2 Å². The number of aliphatic hydroxyl groups is 1. The van der Waals surface area contributed by atoms with E-state index in [2.05, 4.69) is 17.0 Å². The molecule has 1 heterocycles. The van der Waals surface area contributed by atoms with Crippen LogP contribution in [0.3, 0.4) is 0 Å². The number of alkyl halides is 3. The number of carboxylic acid groups (broad SMARTS) is 1. The molecule has 0 radical (unpaired) electrons. The van der Waals surface area contributed by atoms with Crippen LogP contribution >= 0.6 is 0 Å². The number of rotatable bonds is 5. The summed E-state index contributed by atoms with van der Waals surface area (Å²) < 4.78 is 31.7.